The Kier molecular flexibility index (Phi) is 6.72. The van der Waals surface area contributed by atoms with Crippen molar-refractivity contribution in [1.82, 2.24) is 14.9 Å². The average molecular weight is 340 g/mol. The van der Waals surface area contributed by atoms with Crippen LogP contribution < -0.4 is 5.32 Å². The second kappa shape index (κ2) is 9.23. The Balaban J connectivity index is 1.69. The van der Waals surface area contributed by atoms with Gasteiger partial charge in [0.1, 0.15) is 0 Å². The van der Waals surface area contributed by atoms with Gasteiger partial charge in [0.2, 0.25) is 5.91 Å². The lowest BCUT2D eigenvalue weighted by atomic mass is 10.1. The molecule has 1 heterocycles. The predicted molar refractivity (Wildman–Crippen MR) is 90.7 cm³/mol. The number of aryl methyl sites for hydroxylation is 1. The summed E-state index contributed by atoms with van der Waals surface area (Å²) in [7, 11) is 0. The van der Waals surface area contributed by atoms with Crippen LogP contribution in [-0.4, -0.2) is 34.6 Å². The third-order valence-corrected chi connectivity index (χ3v) is 3.53. The minimum Gasteiger partial charge on any atom is -0.461 e. The molecule has 2 aromatic rings. The molecule has 7 heteroatoms. The number of esters is 1. The molecule has 7 nitrogen and oxygen atoms in total. The van der Waals surface area contributed by atoms with Crippen LogP contribution >= 0.6 is 0 Å². The van der Waals surface area contributed by atoms with E-state index in [-0.39, 0.29) is 11.6 Å². The SMILES string of the molecule is CCOC(=O)c1cn(CCNC(=O)CCc2ccc(C#N)cc2)cn1. The number of amides is 1. The van der Waals surface area contributed by atoms with E-state index in [2.05, 4.69) is 16.4 Å². The van der Waals surface area contributed by atoms with E-state index in [9.17, 15) is 9.59 Å². The summed E-state index contributed by atoms with van der Waals surface area (Å²) < 4.78 is 6.60. The molecule has 0 aliphatic carbocycles. The molecule has 0 saturated carbocycles. The summed E-state index contributed by atoms with van der Waals surface area (Å²) in [4.78, 5) is 27.4. The zero-order valence-corrected chi connectivity index (χ0v) is 14.1. The molecule has 1 aromatic carbocycles. The fraction of sp³-hybridized carbons (Fsp3) is 0.333. The second-order valence-corrected chi connectivity index (χ2v) is 5.38. The van der Waals surface area contributed by atoms with Crippen LogP contribution in [0.2, 0.25) is 0 Å². The first kappa shape index (κ1) is 18.2. The number of nitrogens with one attached hydrogen (secondary N) is 1. The Bertz CT molecular complexity index is 759. The van der Waals surface area contributed by atoms with Gasteiger partial charge < -0.3 is 14.6 Å². The molecule has 1 aromatic heterocycles. The van der Waals surface area contributed by atoms with E-state index in [0.29, 0.717) is 38.1 Å². The Labute approximate surface area is 146 Å². The highest BCUT2D eigenvalue weighted by atomic mass is 16.5. The summed E-state index contributed by atoms with van der Waals surface area (Å²) in [5, 5.41) is 11.6. The molecule has 25 heavy (non-hydrogen) atoms. The van der Waals surface area contributed by atoms with Crippen molar-refractivity contribution in [2.45, 2.75) is 26.3 Å². The quantitative estimate of drug-likeness (QED) is 0.738. The molecule has 0 atom stereocenters. The Morgan fingerprint density at radius 1 is 1.32 bits per heavy atom. The number of aromatic nitrogens is 2. The molecular weight excluding hydrogens is 320 g/mol. The van der Waals surface area contributed by atoms with Crippen LogP contribution in [0.4, 0.5) is 0 Å². The summed E-state index contributed by atoms with van der Waals surface area (Å²) in [5.74, 6) is -0.497. The van der Waals surface area contributed by atoms with Gasteiger partial charge in [-0.05, 0) is 31.0 Å². The van der Waals surface area contributed by atoms with Gasteiger partial charge in [-0.25, -0.2) is 9.78 Å². The highest BCUT2D eigenvalue weighted by Gasteiger charge is 2.10. The Morgan fingerprint density at radius 2 is 2.08 bits per heavy atom. The lowest BCUT2D eigenvalue weighted by Crippen LogP contribution is -2.27. The van der Waals surface area contributed by atoms with Gasteiger partial charge in [0.15, 0.2) is 5.69 Å². The van der Waals surface area contributed by atoms with E-state index in [4.69, 9.17) is 10.00 Å². The van der Waals surface area contributed by atoms with Crippen LogP contribution in [0, 0.1) is 11.3 Å². The fourth-order valence-electron chi connectivity index (χ4n) is 2.21. The summed E-state index contributed by atoms with van der Waals surface area (Å²) in [6.45, 7) is 3.02. The number of hydrogen-bond donors (Lipinski definition) is 1. The lowest BCUT2D eigenvalue weighted by Gasteiger charge is -2.06. The molecule has 0 spiro atoms. The zero-order valence-electron chi connectivity index (χ0n) is 14.1. The van der Waals surface area contributed by atoms with Gasteiger partial charge in [-0.1, -0.05) is 12.1 Å². The first-order valence-corrected chi connectivity index (χ1v) is 8.07. The van der Waals surface area contributed by atoms with Crippen molar-refractivity contribution in [3.8, 4) is 6.07 Å². The van der Waals surface area contributed by atoms with Gasteiger partial charge in [0.25, 0.3) is 0 Å². The van der Waals surface area contributed by atoms with Crippen molar-refractivity contribution >= 4 is 11.9 Å². The maximum absolute atomic E-state index is 11.9. The van der Waals surface area contributed by atoms with Gasteiger partial charge in [0, 0.05) is 25.7 Å². The van der Waals surface area contributed by atoms with Crippen molar-refractivity contribution in [3.63, 3.8) is 0 Å². The smallest absolute Gasteiger partial charge is 0.358 e. The van der Waals surface area contributed by atoms with Crippen LogP contribution in [-0.2, 0) is 22.5 Å². The average Bonchev–Trinajstić information content (AvgIpc) is 3.09. The molecule has 0 unspecified atom stereocenters. The molecule has 0 saturated heterocycles. The monoisotopic (exact) mass is 340 g/mol. The summed E-state index contributed by atoms with van der Waals surface area (Å²) in [6.07, 6.45) is 4.13. The van der Waals surface area contributed by atoms with Gasteiger partial charge in [-0.15, -0.1) is 0 Å². The van der Waals surface area contributed by atoms with Crippen molar-refractivity contribution in [2.24, 2.45) is 0 Å². The van der Waals surface area contributed by atoms with Crippen molar-refractivity contribution in [1.29, 1.82) is 5.26 Å². The van der Waals surface area contributed by atoms with E-state index in [1.54, 1.807) is 29.8 Å². The van der Waals surface area contributed by atoms with Crippen molar-refractivity contribution in [3.05, 3.63) is 53.6 Å². The molecule has 2 rings (SSSR count). The number of imidazole rings is 1. The van der Waals surface area contributed by atoms with Gasteiger partial charge in [0.05, 0.1) is 24.6 Å². The van der Waals surface area contributed by atoms with Gasteiger partial charge in [-0.2, -0.15) is 5.26 Å². The summed E-state index contributed by atoms with van der Waals surface area (Å²) in [6, 6.07) is 9.26. The van der Waals surface area contributed by atoms with Crippen LogP contribution in [0.5, 0.6) is 0 Å². The molecule has 0 radical (unpaired) electrons. The van der Waals surface area contributed by atoms with Crippen LogP contribution in [0.1, 0.15) is 35.0 Å². The second-order valence-electron chi connectivity index (χ2n) is 5.38. The summed E-state index contributed by atoms with van der Waals surface area (Å²) in [5.41, 5.74) is 1.88. The molecular formula is C18H20N4O3. The first-order chi connectivity index (χ1) is 12.1. The number of rotatable bonds is 8. The maximum Gasteiger partial charge on any atom is 0.358 e. The van der Waals surface area contributed by atoms with E-state index in [1.165, 1.54) is 6.33 Å². The number of nitrogens with zero attached hydrogens (tertiary/aromatic N) is 3. The van der Waals surface area contributed by atoms with Crippen molar-refractivity contribution < 1.29 is 14.3 Å². The normalized spacial score (nSPS) is 10.1. The largest absolute Gasteiger partial charge is 0.461 e. The summed E-state index contributed by atoms with van der Waals surface area (Å²) >= 11 is 0. The van der Waals surface area contributed by atoms with Crippen molar-refractivity contribution in [2.75, 3.05) is 13.2 Å². The highest BCUT2D eigenvalue weighted by Crippen LogP contribution is 2.06. The number of nitriles is 1. The van der Waals surface area contributed by atoms with E-state index >= 15 is 0 Å². The number of carbonyl (C=O) groups excluding carboxylic acids is 2. The molecule has 1 N–H and O–H groups in total. The highest BCUT2D eigenvalue weighted by molar-refractivity contribution is 5.86. The third kappa shape index (κ3) is 5.77. The van der Waals surface area contributed by atoms with E-state index < -0.39 is 5.97 Å². The molecule has 1 amide bonds. The first-order valence-electron chi connectivity index (χ1n) is 8.07. The molecule has 0 bridgehead atoms. The zero-order chi connectivity index (χ0) is 18.1. The standard InChI is InChI=1S/C18H20N4O3/c1-2-25-18(24)16-12-22(13-21-16)10-9-20-17(23)8-7-14-3-5-15(11-19)6-4-14/h3-6,12-13H,2,7-10H2,1H3,(H,20,23). The number of hydrogen-bond acceptors (Lipinski definition) is 5. The third-order valence-electron chi connectivity index (χ3n) is 3.53. The number of ether oxygens (including phenoxy) is 1. The molecule has 0 aliphatic rings. The minimum atomic E-state index is -0.451. The molecule has 130 valence electrons. The molecule has 0 fully saturated rings. The molecule has 0 aliphatic heterocycles. The Hall–Kier alpha value is -3.14. The lowest BCUT2D eigenvalue weighted by molar-refractivity contribution is -0.121. The number of carbonyl (C=O) groups is 2. The van der Waals surface area contributed by atoms with Gasteiger partial charge in [-0.3, -0.25) is 4.79 Å². The Morgan fingerprint density at radius 3 is 2.76 bits per heavy atom. The van der Waals surface area contributed by atoms with Crippen LogP contribution in [0.3, 0.4) is 0 Å². The van der Waals surface area contributed by atoms with Crippen LogP contribution in [0.25, 0.3) is 0 Å². The topological polar surface area (TPSA) is 97.0 Å². The van der Waals surface area contributed by atoms with Crippen LogP contribution in [0.15, 0.2) is 36.8 Å². The fourth-order valence-corrected chi connectivity index (χ4v) is 2.21. The predicted octanol–water partition coefficient (Wildman–Crippen LogP) is 1.68. The number of benzene rings is 1. The van der Waals surface area contributed by atoms with Gasteiger partial charge >= 0.3 is 5.97 Å². The van der Waals surface area contributed by atoms with E-state index in [1.807, 2.05) is 12.1 Å². The van der Waals surface area contributed by atoms with E-state index in [0.717, 1.165) is 5.56 Å². The minimum absolute atomic E-state index is 0.0462. The maximum atomic E-state index is 11.9.